The molecule has 0 saturated heterocycles. The van der Waals surface area contributed by atoms with Crippen LogP contribution in [0.3, 0.4) is 0 Å². The van der Waals surface area contributed by atoms with E-state index in [1.807, 2.05) is 6.08 Å². The van der Waals surface area contributed by atoms with Gasteiger partial charge in [-0.3, -0.25) is 0 Å². The van der Waals surface area contributed by atoms with Crippen LogP contribution in [0, 0.1) is 0 Å². The van der Waals surface area contributed by atoms with Crippen LogP contribution >= 0.6 is 0 Å². The van der Waals surface area contributed by atoms with Crippen LogP contribution in [-0.2, 0) is 0 Å². The van der Waals surface area contributed by atoms with Gasteiger partial charge in [-0.25, -0.2) is 0 Å². The molecule has 0 aromatic rings. The van der Waals surface area contributed by atoms with E-state index in [-0.39, 0.29) is 5.54 Å². The Hall–Kier alpha value is -0.340. The van der Waals surface area contributed by atoms with Crippen molar-refractivity contribution >= 4 is 0 Å². The SMILES string of the molecule is C=CCCC(NC)C(CC)(CC)N(C)C. The molecule has 0 spiro atoms. The summed E-state index contributed by atoms with van der Waals surface area (Å²) in [7, 11) is 6.44. The van der Waals surface area contributed by atoms with E-state index in [1.54, 1.807) is 0 Å². The van der Waals surface area contributed by atoms with E-state index in [2.05, 4.69) is 51.8 Å². The Morgan fingerprint density at radius 2 is 1.87 bits per heavy atom. The molecule has 0 aliphatic heterocycles. The largest absolute Gasteiger partial charge is 0.315 e. The minimum absolute atomic E-state index is 0.276. The first-order valence-electron chi connectivity index (χ1n) is 6.04. The van der Waals surface area contributed by atoms with Gasteiger partial charge in [0.2, 0.25) is 0 Å². The molecule has 0 aromatic carbocycles. The van der Waals surface area contributed by atoms with Crippen LogP contribution < -0.4 is 5.32 Å². The first-order valence-corrected chi connectivity index (χ1v) is 6.04. The lowest BCUT2D eigenvalue weighted by Crippen LogP contribution is -2.57. The molecule has 0 aliphatic carbocycles. The third-order valence-electron chi connectivity index (χ3n) is 3.77. The molecule has 0 radical (unpaired) electrons. The Bertz CT molecular complexity index is 171. The number of hydrogen-bond donors (Lipinski definition) is 1. The molecule has 2 nitrogen and oxygen atoms in total. The van der Waals surface area contributed by atoms with E-state index < -0.39 is 0 Å². The summed E-state index contributed by atoms with van der Waals surface area (Å²) in [6.07, 6.45) is 6.62. The van der Waals surface area contributed by atoms with E-state index in [4.69, 9.17) is 0 Å². The van der Waals surface area contributed by atoms with Gasteiger partial charge in [0.15, 0.2) is 0 Å². The molecule has 0 saturated carbocycles. The minimum Gasteiger partial charge on any atom is -0.315 e. The highest BCUT2D eigenvalue weighted by atomic mass is 15.2. The molecular weight excluding hydrogens is 184 g/mol. The Kier molecular flexibility index (Phi) is 6.86. The third-order valence-corrected chi connectivity index (χ3v) is 3.77. The van der Waals surface area contributed by atoms with Crippen molar-refractivity contribution in [3.63, 3.8) is 0 Å². The lowest BCUT2D eigenvalue weighted by molar-refractivity contribution is 0.0882. The zero-order valence-electron chi connectivity index (χ0n) is 11.1. The zero-order valence-corrected chi connectivity index (χ0v) is 11.1. The average Bonchev–Trinajstić information content (AvgIpc) is 2.24. The third kappa shape index (κ3) is 3.32. The monoisotopic (exact) mass is 212 g/mol. The van der Waals surface area contributed by atoms with Crippen molar-refractivity contribution in [2.45, 2.75) is 51.1 Å². The lowest BCUT2D eigenvalue weighted by atomic mass is 9.81. The summed E-state index contributed by atoms with van der Waals surface area (Å²) in [5, 5.41) is 3.47. The van der Waals surface area contributed by atoms with E-state index in [0.717, 1.165) is 6.42 Å². The first-order chi connectivity index (χ1) is 7.08. The Morgan fingerprint density at radius 3 is 2.13 bits per heavy atom. The van der Waals surface area contributed by atoms with Crippen LogP contribution in [0.4, 0.5) is 0 Å². The number of nitrogens with zero attached hydrogens (tertiary/aromatic N) is 1. The van der Waals surface area contributed by atoms with Crippen molar-refractivity contribution in [3.8, 4) is 0 Å². The maximum absolute atomic E-state index is 3.80. The average molecular weight is 212 g/mol. The van der Waals surface area contributed by atoms with Crippen molar-refractivity contribution in [2.75, 3.05) is 21.1 Å². The second kappa shape index (κ2) is 7.02. The molecule has 90 valence electrons. The van der Waals surface area contributed by atoms with Gasteiger partial charge >= 0.3 is 0 Å². The van der Waals surface area contributed by atoms with Gasteiger partial charge in [0.05, 0.1) is 0 Å². The standard InChI is InChI=1S/C13H28N2/c1-7-10-11-12(14-4)13(8-2,9-3)15(5)6/h7,12,14H,1,8-11H2,2-6H3. The van der Waals surface area contributed by atoms with Crippen molar-refractivity contribution < 1.29 is 0 Å². The summed E-state index contributed by atoms with van der Waals surface area (Å²) >= 11 is 0. The van der Waals surface area contributed by atoms with Crippen LogP contribution in [0.2, 0.25) is 0 Å². The minimum atomic E-state index is 0.276. The summed E-state index contributed by atoms with van der Waals surface area (Å²) in [6, 6.07) is 0.542. The maximum Gasteiger partial charge on any atom is 0.0351 e. The summed E-state index contributed by atoms with van der Waals surface area (Å²) in [4.78, 5) is 2.37. The highest BCUT2D eigenvalue weighted by Gasteiger charge is 2.36. The Morgan fingerprint density at radius 1 is 1.33 bits per heavy atom. The van der Waals surface area contributed by atoms with Gasteiger partial charge in [-0.2, -0.15) is 0 Å². The fourth-order valence-corrected chi connectivity index (χ4v) is 2.65. The molecule has 0 aromatic heterocycles. The van der Waals surface area contributed by atoms with Gasteiger partial charge in [0, 0.05) is 11.6 Å². The molecule has 0 amide bonds. The van der Waals surface area contributed by atoms with Crippen LogP contribution in [0.1, 0.15) is 39.5 Å². The van der Waals surface area contributed by atoms with E-state index >= 15 is 0 Å². The smallest absolute Gasteiger partial charge is 0.0351 e. The van der Waals surface area contributed by atoms with Gasteiger partial charge < -0.3 is 10.2 Å². The van der Waals surface area contributed by atoms with Crippen molar-refractivity contribution in [1.29, 1.82) is 0 Å². The maximum atomic E-state index is 3.80. The van der Waals surface area contributed by atoms with Crippen molar-refractivity contribution in [3.05, 3.63) is 12.7 Å². The van der Waals surface area contributed by atoms with Crippen LogP contribution in [0.25, 0.3) is 0 Å². The number of allylic oxidation sites excluding steroid dienone is 1. The molecular formula is C13H28N2. The van der Waals surface area contributed by atoms with Gasteiger partial charge in [0.1, 0.15) is 0 Å². The molecule has 15 heavy (non-hydrogen) atoms. The fourth-order valence-electron chi connectivity index (χ4n) is 2.65. The Labute approximate surface area is 95.7 Å². The predicted molar refractivity (Wildman–Crippen MR) is 69.3 cm³/mol. The van der Waals surface area contributed by atoms with Crippen LogP contribution in [-0.4, -0.2) is 37.6 Å². The second-order valence-electron chi connectivity index (χ2n) is 4.41. The predicted octanol–water partition coefficient (Wildman–Crippen LogP) is 2.66. The molecule has 0 fully saturated rings. The lowest BCUT2D eigenvalue weighted by Gasteiger charge is -2.45. The topological polar surface area (TPSA) is 15.3 Å². The van der Waals surface area contributed by atoms with E-state index in [9.17, 15) is 0 Å². The molecule has 0 aliphatic rings. The van der Waals surface area contributed by atoms with E-state index in [1.165, 1.54) is 19.3 Å². The normalized spacial score (nSPS) is 14.3. The summed E-state index contributed by atoms with van der Waals surface area (Å²) < 4.78 is 0. The summed E-state index contributed by atoms with van der Waals surface area (Å²) in [6.45, 7) is 8.36. The first kappa shape index (κ1) is 14.7. The van der Waals surface area contributed by atoms with Gasteiger partial charge in [-0.1, -0.05) is 19.9 Å². The van der Waals surface area contributed by atoms with E-state index in [0.29, 0.717) is 6.04 Å². The second-order valence-corrected chi connectivity index (χ2v) is 4.41. The van der Waals surface area contributed by atoms with Gasteiger partial charge in [-0.15, -0.1) is 6.58 Å². The quantitative estimate of drug-likeness (QED) is 0.622. The number of hydrogen-bond acceptors (Lipinski definition) is 2. The summed E-state index contributed by atoms with van der Waals surface area (Å²) in [5.41, 5.74) is 0.276. The fraction of sp³-hybridized carbons (Fsp3) is 0.846. The van der Waals surface area contributed by atoms with Crippen LogP contribution in [0.5, 0.6) is 0 Å². The Balaban J connectivity index is 4.74. The van der Waals surface area contributed by atoms with Crippen LogP contribution in [0.15, 0.2) is 12.7 Å². The van der Waals surface area contributed by atoms with Gasteiger partial charge in [-0.05, 0) is 46.8 Å². The molecule has 0 bridgehead atoms. The zero-order chi connectivity index (χ0) is 11.9. The molecule has 1 atom stereocenters. The molecule has 0 heterocycles. The highest BCUT2D eigenvalue weighted by molar-refractivity contribution is 4.97. The number of likely N-dealkylation sites (N-methyl/N-ethyl adjacent to an activating group) is 2. The number of rotatable bonds is 8. The van der Waals surface area contributed by atoms with Crippen molar-refractivity contribution in [2.24, 2.45) is 0 Å². The number of nitrogens with one attached hydrogen (secondary N) is 1. The summed E-state index contributed by atoms with van der Waals surface area (Å²) in [5.74, 6) is 0. The molecule has 0 rings (SSSR count). The molecule has 2 heteroatoms. The van der Waals surface area contributed by atoms with Gasteiger partial charge in [0.25, 0.3) is 0 Å². The molecule has 1 unspecified atom stereocenters. The van der Waals surface area contributed by atoms with Crippen molar-refractivity contribution in [1.82, 2.24) is 10.2 Å². The highest BCUT2D eigenvalue weighted by Crippen LogP contribution is 2.28. The molecule has 1 N–H and O–H groups in total.